The van der Waals surface area contributed by atoms with Crippen LogP contribution in [0.5, 0.6) is 5.75 Å². The van der Waals surface area contributed by atoms with Gasteiger partial charge in [-0.2, -0.15) is 0 Å². The van der Waals surface area contributed by atoms with Crippen LogP contribution in [0.4, 0.5) is 4.79 Å². The Morgan fingerprint density at radius 3 is 2.54 bits per heavy atom. The first-order valence-electron chi connectivity index (χ1n) is 8.47. The van der Waals surface area contributed by atoms with Crippen LogP contribution < -0.4 is 10.1 Å². The number of rotatable bonds is 5. The minimum absolute atomic E-state index is 0.184. The van der Waals surface area contributed by atoms with Crippen molar-refractivity contribution in [1.29, 1.82) is 0 Å². The van der Waals surface area contributed by atoms with Gasteiger partial charge in [0.1, 0.15) is 11.3 Å². The summed E-state index contributed by atoms with van der Waals surface area (Å²) < 4.78 is 5.27. The van der Waals surface area contributed by atoms with Gasteiger partial charge in [-0.1, -0.05) is 6.07 Å². The highest BCUT2D eigenvalue weighted by Crippen LogP contribution is 2.31. The van der Waals surface area contributed by atoms with Crippen molar-refractivity contribution in [3.63, 3.8) is 0 Å². The Labute approximate surface area is 142 Å². The molecule has 2 heterocycles. The highest BCUT2D eigenvalue weighted by atomic mass is 16.5. The van der Waals surface area contributed by atoms with Gasteiger partial charge in [-0.15, -0.1) is 0 Å². The van der Waals surface area contributed by atoms with E-state index in [1.54, 1.807) is 14.0 Å². The molecule has 0 aromatic heterocycles. The monoisotopic (exact) mass is 331 g/mol. The maximum atomic E-state index is 12.9. The molecule has 3 amide bonds. The molecule has 6 nitrogen and oxygen atoms in total. The number of aryl methyl sites for hydroxylation is 1. The third-order valence-electron chi connectivity index (χ3n) is 5.09. The zero-order chi connectivity index (χ0) is 17.3. The van der Waals surface area contributed by atoms with Gasteiger partial charge in [-0.25, -0.2) is 4.79 Å². The van der Waals surface area contributed by atoms with Crippen molar-refractivity contribution in [3.8, 4) is 5.75 Å². The molecule has 0 saturated carbocycles. The zero-order valence-electron chi connectivity index (χ0n) is 14.6. The number of methoxy groups -OCH3 is 1. The van der Waals surface area contributed by atoms with E-state index in [0.29, 0.717) is 6.54 Å². The van der Waals surface area contributed by atoms with Gasteiger partial charge in [0, 0.05) is 13.1 Å². The van der Waals surface area contributed by atoms with Crippen LogP contribution in [-0.2, 0) is 10.3 Å². The fourth-order valence-corrected chi connectivity index (χ4v) is 3.53. The van der Waals surface area contributed by atoms with E-state index in [-0.39, 0.29) is 11.9 Å². The molecule has 1 unspecified atom stereocenters. The minimum atomic E-state index is -1.01. The molecule has 1 atom stereocenters. The normalized spacial score (nSPS) is 24.5. The first kappa shape index (κ1) is 16.8. The topological polar surface area (TPSA) is 61.9 Å². The van der Waals surface area contributed by atoms with Crippen LogP contribution in [0.1, 0.15) is 30.9 Å². The van der Waals surface area contributed by atoms with E-state index in [1.165, 1.54) is 17.7 Å². The van der Waals surface area contributed by atoms with Crippen molar-refractivity contribution >= 4 is 11.9 Å². The lowest BCUT2D eigenvalue weighted by Crippen LogP contribution is -2.42. The quantitative estimate of drug-likeness (QED) is 0.837. The largest absolute Gasteiger partial charge is 0.496 e. The number of likely N-dealkylation sites (tertiary alicyclic amines) is 1. The van der Waals surface area contributed by atoms with E-state index >= 15 is 0 Å². The van der Waals surface area contributed by atoms with Gasteiger partial charge < -0.3 is 15.0 Å². The Bertz CT molecular complexity index is 655. The highest BCUT2D eigenvalue weighted by Gasteiger charge is 2.48. The van der Waals surface area contributed by atoms with E-state index in [0.717, 1.165) is 36.5 Å². The van der Waals surface area contributed by atoms with E-state index in [1.807, 2.05) is 25.1 Å². The van der Waals surface area contributed by atoms with Gasteiger partial charge in [0.2, 0.25) is 0 Å². The molecule has 2 aliphatic heterocycles. The predicted molar refractivity (Wildman–Crippen MR) is 91.0 cm³/mol. The zero-order valence-corrected chi connectivity index (χ0v) is 14.6. The van der Waals surface area contributed by atoms with Crippen molar-refractivity contribution in [2.45, 2.75) is 32.2 Å². The van der Waals surface area contributed by atoms with E-state index < -0.39 is 5.54 Å². The van der Waals surface area contributed by atoms with Crippen molar-refractivity contribution in [1.82, 2.24) is 15.1 Å². The van der Waals surface area contributed by atoms with Crippen LogP contribution in [-0.4, -0.2) is 55.0 Å². The molecule has 1 aromatic carbocycles. The molecule has 1 aromatic rings. The van der Waals surface area contributed by atoms with Gasteiger partial charge in [-0.05, 0) is 63.0 Å². The molecule has 2 saturated heterocycles. The Balaban J connectivity index is 1.77. The number of carbonyl (C=O) groups excluding carboxylic acids is 2. The fraction of sp³-hybridized carbons (Fsp3) is 0.556. The number of carbonyl (C=O) groups is 2. The Morgan fingerprint density at radius 1 is 1.21 bits per heavy atom. The van der Waals surface area contributed by atoms with Crippen molar-refractivity contribution in [2.75, 3.05) is 33.3 Å². The van der Waals surface area contributed by atoms with Crippen LogP contribution in [0.3, 0.4) is 0 Å². The lowest BCUT2D eigenvalue weighted by atomic mass is 9.90. The number of hydrogen-bond donors (Lipinski definition) is 1. The molecular weight excluding hydrogens is 306 g/mol. The Morgan fingerprint density at radius 2 is 1.92 bits per heavy atom. The number of urea groups is 1. The molecule has 3 rings (SSSR count). The predicted octanol–water partition coefficient (Wildman–Crippen LogP) is 1.87. The number of imide groups is 1. The number of hydrogen-bond acceptors (Lipinski definition) is 4. The lowest BCUT2D eigenvalue weighted by molar-refractivity contribution is -0.131. The average Bonchev–Trinajstić information content (AvgIpc) is 3.14. The lowest BCUT2D eigenvalue weighted by Gasteiger charge is -2.24. The third kappa shape index (κ3) is 2.86. The molecule has 1 N–H and O–H groups in total. The summed E-state index contributed by atoms with van der Waals surface area (Å²) >= 11 is 0. The summed E-state index contributed by atoms with van der Waals surface area (Å²) in [6.07, 6.45) is 2.39. The number of benzene rings is 1. The van der Waals surface area contributed by atoms with E-state index in [4.69, 9.17) is 4.74 Å². The van der Waals surface area contributed by atoms with Gasteiger partial charge in [0.05, 0.1) is 7.11 Å². The highest BCUT2D eigenvalue weighted by molar-refractivity contribution is 6.07. The molecule has 6 heteroatoms. The average molecular weight is 331 g/mol. The molecule has 130 valence electrons. The molecule has 2 aliphatic rings. The second kappa shape index (κ2) is 6.43. The number of ether oxygens (including phenoxy) is 1. The number of nitrogens with zero attached hydrogens (tertiary/aromatic N) is 2. The van der Waals surface area contributed by atoms with Crippen LogP contribution >= 0.6 is 0 Å². The number of nitrogens with one attached hydrogen (secondary N) is 1. The van der Waals surface area contributed by atoms with Crippen LogP contribution in [0.2, 0.25) is 0 Å². The number of amides is 3. The summed E-state index contributed by atoms with van der Waals surface area (Å²) in [5.74, 6) is 0.585. The van der Waals surface area contributed by atoms with Gasteiger partial charge in [-0.3, -0.25) is 9.69 Å². The molecule has 24 heavy (non-hydrogen) atoms. The Hall–Kier alpha value is -2.08. The van der Waals surface area contributed by atoms with E-state index in [2.05, 4.69) is 10.2 Å². The standard InChI is InChI=1S/C18H25N3O3/c1-13-12-14(6-7-15(13)24-3)18(2)16(22)21(17(23)19-18)11-10-20-8-4-5-9-20/h6-7,12H,4-5,8-11H2,1-3H3,(H,19,23). The smallest absolute Gasteiger partial charge is 0.325 e. The second-order valence-electron chi connectivity index (χ2n) is 6.75. The van der Waals surface area contributed by atoms with Gasteiger partial charge >= 0.3 is 6.03 Å². The van der Waals surface area contributed by atoms with Crippen LogP contribution in [0.25, 0.3) is 0 Å². The SMILES string of the molecule is COc1ccc(C2(C)NC(=O)N(CCN3CCCC3)C2=O)cc1C. The summed E-state index contributed by atoms with van der Waals surface area (Å²) in [6, 6.07) is 5.27. The third-order valence-corrected chi connectivity index (χ3v) is 5.09. The van der Waals surface area contributed by atoms with Crippen LogP contribution in [0, 0.1) is 6.92 Å². The first-order chi connectivity index (χ1) is 11.5. The molecule has 0 bridgehead atoms. The molecule has 0 radical (unpaired) electrons. The maximum Gasteiger partial charge on any atom is 0.325 e. The van der Waals surface area contributed by atoms with Gasteiger partial charge in [0.25, 0.3) is 5.91 Å². The van der Waals surface area contributed by atoms with E-state index in [9.17, 15) is 9.59 Å². The van der Waals surface area contributed by atoms with Crippen molar-refractivity contribution < 1.29 is 14.3 Å². The molecule has 2 fully saturated rings. The Kier molecular flexibility index (Phi) is 4.49. The van der Waals surface area contributed by atoms with Crippen molar-refractivity contribution in [2.24, 2.45) is 0 Å². The molecule has 0 spiro atoms. The minimum Gasteiger partial charge on any atom is -0.496 e. The summed E-state index contributed by atoms with van der Waals surface area (Å²) in [5.41, 5.74) is 0.704. The molecule has 0 aliphatic carbocycles. The molecular formula is C18H25N3O3. The first-order valence-corrected chi connectivity index (χ1v) is 8.47. The summed E-state index contributed by atoms with van der Waals surface area (Å²) in [5, 5.41) is 2.86. The summed E-state index contributed by atoms with van der Waals surface area (Å²) in [7, 11) is 1.62. The van der Waals surface area contributed by atoms with Gasteiger partial charge in [0.15, 0.2) is 0 Å². The summed E-state index contributed by atoms with van der Waals surface area (Å²) in [4.78, 5) is 28.9. The van der Waals surface area contributed by atoms with Crippen molar-refractivity contribution in [3.05, 3.63) is 29.3 Å². The van der Waals surface area contributed by atoms with Crippen LogP contribution in [0.15, 0.2) is 18.2 Å². The summed E-state index contributed by atoms with van der Waals surface area (Å²) in [6.45, 7) is 6.99. The fourth-order valence-electron chi connectivity index (χ4n) is 3.53. The second-order valence-corrected chi connectivity index (χ2v) is 6.75. The maximum absolute atomic E-state index is 12.9.